The van der Waals surface area contributed by atoms with Crippen molar-refractivity contribution >= 4 is 11.6 Å². The number of guanidine groups is 1. The predicted molar refractivity (Wildman–Crippen MR) is 90.9 cm³/mol. The summed E-state index contributed by atoms with van der Waals surface area (Å²) in [6, 6.07) is 6.33. The molecule has 1 aromatic rings. The lowest BCUT2D eigenvalue weighted by Crippen LogP contribution is -2.25. The van der Waals surface area contributed by atoms with E-state index in [1.165, 1.54) is 37.1 Å². The van der Waals surface area contributed by atoms with Crippen molar-refractivity contribution < 1.29 is 0 Å². The summed E-state index contributed by atoms with van der Waals surface area (Å²) in [6.45, 7) is 10.8. The smallest absolute Gasteiger partial charge is 0.193 e. The Labute approximate surface area is 128 Å². The first kappa shape index (κ1) is 15.8. The van der Waals surface area contributed by atoms with Crippen molar-refractivity contribution in [3.8, 4) is 0 Å². The number of nitrogens with zero attached hydrogens (tertiary/aromatic N) is 2. The summed E-state index contributed by atoms with van der Waals surface area (Å²) < 4.78 is 0. The average Bonchev–Trinajstić information content (AvgIpc) is 2.83. The second-order valence-electron chi connectivity index (χ2n) is 6.18. The molecule has 0 spiro atoms. The lowest BCUT2D eigenvalue weighted by atomic mass is 10.1. The Balaban J connectivity index is 1.84. The van der Waals surface area contributed by atoms with Gasteiger partial charge in [-0.3, -0.25) is 4.99 Å². The molecule has 0 aromatic heterocycles. The second kappa shape index (κ2) is 7.46. The van der Waals surface area contributed by atoms with E-state index in [-0.39, 0.29) is 0 Å². The van der Waals surface area contributed by atoms with Gasteiger partial charge in [0.2, 0.25) is 0 Å². The van der Waals surface area contributed by atoms with Gasteiger partial charge in [0, 0.05) is 18.8 Å². The standard InChI is InChI=1S/C17H28N4/c1-4-6-21-7-5-15(12-21)11-19-17(18)20-16-9-13(2)8-14(3)10-16/h8-10,15H,4-7,11-12H2,1-3H3,(H3,18,19,20). The van der Waals surface area contributed by atoms with E-state index in [0.29, 0.717) is 11.9 Å². The molecule has 1 atom stereocenters. The third-order valence-electron chi connectivity index (χ3n) is 3.92. The minimum atomic E-state index is 0.522. The lowest BCUT2D eigenvalue weighted by Gasteiger charge is -2.14. The number of benzene rings is 1. The number of hydrogen-bond acceptors (Lipinski definition) is 2. The average molecular weight is 288 g/mol. The molecule has 3 N–H and O–H groups in total. The van der Waals surface area contributed by atoms with E-state index < -0.39 is 0 Å². The van der Waals surface area contributed by atoms with Crippen LogP contribution in [0.5, 0.6) is 0 Å². The zero-order valence-corrected chi connectivity index (χ0v) is 13.5. The third-order valence-corrected chi connectivity index (χ3v) is 3.92. The van der Waals surface area contributed by atoms with Crippen LogP contribution < -0.4 is 11.1 Å². The van der Waals surface area contributed by atoms with Crippen LogP contribution in [0.15, 0.2) is 23.2 Å². The first-order valence-electron chi connectivity index (χ1n) is 7.94. The molecule has 0 aliphatic carbocycles. The van der Waals surface area contributed by atoms with Crippen LogP contribution in [0.2, 0.25) is 0 Å². The van der Waals surface area contributed by atoms with Crippen LogP contribution in [0.1, 0.15) is 30.9 Å². The van der Waals surface area contributed by atoms with Crippen molar-refractivity contribution in [3.63, 3.8) is 0 Å². The van der Waals surface area contributed by atoms with Gasteiger partial charge in [0.1, 0.15) is 0 Å². The van der Waals surface area contributed by atoms with E-state index in [9.17, 15) is 0 Å². The van der Waals surface area contributed by atoms with E-state index in [1.807, 2.05) is 0 Å². The molecule has 0 bridgehead atoms. The second-order valence-corrected chi connectivity index (χ2v) is 6.18. The van der Waals surface area contributed by atoms with Crippen LogP contribution in [-0.2, 0) is 0 Å². The van der Waals surface area contributed by atoms with Crippen molar-refractivity contribution in [1.29, 1.82) is 0 Å². The molecule has 1 saturated heterocycles. The Bertz CT molecular complexity index is 475. The maximum Gasteiger partial charge on any atom is 0.193 e. The first-order chi connectivity index (χ1) is 10.1. The Morgan fingerprint density at radius 1 is 1.33 bits per heavy atom. The molecule has 1 aliphatic rings. The van der Waals surface area contributed by atoms with Crippen molar-refractivity contribution in [1.82, 2.24) is 4.90 Å². The quantitative estimate of drug-likeness (QED) is 0.647. The minimum absolute atomic E-state index is 0.522. The molecule has 4 heteroatoms. The zero-order valence-electron chi connectivity index (χ0n) is 13.5. The highest BCUT2D eigenvalue weighted by atomic mass is 15.2. The van der Waals surface area contributed by atoms with Gasteiger partial charge in [-0.25, -0.2) is 0 Å². The lowest BCUT2D eigenvalue weighted by molar-refractivity contribution is 0.326. The van der Waals surface area contributed by atoms with Gasteiger partial charge in [0.15, 0.2) is 5.96 Å². The van der Waals surface area contributed by atoms with Crippen molar-refractivity contribution in [2.75, 3.05) is 31.5 Å². The summed E-state index contributed by atoms with van der Waals surface area (Å²) in [6.07, 6.45) is 2.47. The number of nitrogens with two attached hydrogens (primary N) is 1. The Hall–Kier alpha value is -1.55. The highest BCUT2D eigenvalue weighted by Gasteiger charge is 2.21. The summed E-state index contributed by atoms with van der Waals surface area (Å²) in [5.41, 5.74) is 9.49. The minimum Gasteiger partial charge on any atom is -0.370 e. The molecule has 1 unspecified atom stereocenters. The molecule has 21 heavy (non-hydrogen) atoms. The van der Waals surface area contributed by atoms with Crippen LogP contribution in [0, 0.1) is 19.8 Å². The Kier molecular flexibility index (Phi) is 5.62. The maximum atomic E-state index is 6.00. The molecule has 1 aliphatic heterocycles. The monoisotopic (exact) mass is 288 g/mol. The molecule has 116 valence electrons. The molecule has 4 nitrogen and oxygen atoms in total. The fraction of sp³-hybridized carbons (Fsp3) is 0.588. The number of hydrogen-bond donors (Lipinski definition) is 2. The molecule has 1 aromatic carbocycles. The fourth-order valence-electron chi connectivity index (χ4n) is 3.04. The van der Waals surface area contributed by atoms with Crippen molar-refractivity contribution in [2.24, 2.45) is 16.6 Å². The van der Waals surface area contributed by atoms with E-state index in [4.69, 9.17) is 5.73 Å². The van der Waals surface area contributed by atoms with Gasteiger partial charge in [0.25, 0.3) is 0 Å². The largest absolute Gasteiger partial charge is 0.370 e. The van der Waals surface area contributed by atoms with Crippen molar-refractivity contribution in [2.45, 2.75) is 33.6 Å². The SMILES string of the molecule is CCCN1CCC(CN=C(N)Nc2cc(C)cc(C)c2)C1. The van der Waals surface area contributed by atoms with Crippen LogP contribution in [0.3, 0.4) is 0 Å². The summed E-state index contributed by atoms with van der Waals surface area (Å²) in [7, 11) is 0. The zero-order chi connectivity index (χ0) is 15.2. The van der Waals surface area contributed by atoms with Gasteiger partial charge < -0.3 is 16.0 Å². The number of likely N-dealkylation sites (tertiary alicyclic amines) is 1. The number of rotatable bonds is 5. The van der Waals surface area contributed by atoms with E-state index in [0.717, 1.165) is 18.8 Å². The number of nitrogens with one attached hydrogen (secondary N) is 1. The number of aryl methyl sites for hydroxylation is 2. The number of aliphatic imine (C=N–C) groups is 1. The predicted octanol–water partition coefficient (Wildman–Crippen LogP) is 2.76. The summed E-state index contributed by atoms with van der Waals surface area (Å²) in [5, 5.41) is 3.20. The van der Waals surface area contributed by atoms with Crippen LogP contribution in [0.4, 0.5) is 5.69 Å². The molecule has 0 saturated carbocycles. The van der Waals surface area contributed by atoms with Gasteiger partial charge in [-0.15, -0.1) is 0 Å². The summed E-state index contributed by atoms with van der Waals surface area (Å²) in [4.78, 5) is 7.03. The highest BCUT2D eigenvalue weighted by molar-refractivity contribution is 5.92. The Morgan fingerprint density at radius 2 is 2.05 bits per heavy atom. The van der Waals surface area contributed by atoms with Gasteiger partial charge in [0.05, 0.1) is 0 Å². The van der Waals surface area contributed by atoms with Crippen LogP contribution >= 0.6 is 0 Å². The molecule has 2 rings (SSSR count). The summed E-state index contributed by atoms with van der Waals surface area (Å²) >= 11 is 0. The molecule has 1 heterocycles. The van der Waals surface area contributed by atoms with E-state index >= 15 is 0 Å². The topological polar surface area (TPSA) is 53.6 Å². The van der Waals surface area contributed by atoms with Gasteiger partial charge >= 0.3 is 0 Å². The molecule has 0 amide bonds. The van der Waals surface area contributed by atoms with Crippen LogP contribution in [-0.4, -0.2) is 37.0 Å². The summed E-state index contributed by atoms with van der Waals surface area (Å²) in [5.74, 6) is 1.17. The number of anilines is 1. The van der Waals surface area contributed by atoms with Gasteiger partial charge in [-0.05, 0) is 69.0 Å². The maximum absolute atomic E-state index is 6.00. The molecular formula is C17H28N4. The first-order valence-corrected chi connectivity index (χ1v) is 7.94. The van der Waals surface area contributed by atoms with Crippen LogP contribution in [0.25, 0.3) is 0 Å². The van der Waals surface area contributed by atoms with Crippen molar-refractivity contribution in [3.05, 3.63) is 29.3 Å². The molecule has 0 radical (unpaired) electrons. The van der Waals surface area contributed by atoms with Gasteiger partial charge in [-0.2, -0.15) is 0 Å². The van der Waals surface area contributed by atoms with E-state index in [1.54, 1.807) is 0 Å². The fourth-order valence-corrected chi connectivity index (χ4v) is 3.04. The van der Waals surface area contributed by atoms with Gasteiger partial charge in [-0.1, -0.05) is 13.0 Å². The highest BCUT2D eigenvalue weighted by Crippen LogP contribution is 2.17. The normalized spacial score (nSPS) is 20.0. The Morgan fingerprint density at radius 3 is 2.71 bits per heavy atom. The molecular weight excluding hydrogens is 260 g/mol. The molecule has 1 fully saturated rings. The van der Waals surface area contributed by atoms with E-state index in [2.05, 4.69) is 54.2 Å². The third kappa shape index (κ3) is 5.05.